The number of carboxylic acids is 2. The van der Waals surface area contributed by atoms with E-state index in [1.807, 2.05) is 0 Å². The van der Waals surface area contributed by atoms with E-state index in [1.165, 1.54) is 24.7 Å². The van der Waals surface area contributed by atoms with Gasteiger partial charge in [0, 0.05) is 12.6 Å². The highest BCUT2D eigenvalue weighted by molar-refractivity contribution is 6.11. The lowest BCUT2D eigenvalue weighted by molar-refractivity contribution is -0.288. The van der Waals surface area contributed by atoms with Crippen LogP contribution in [0.15, 0.2) is 118 Å². The minimum atomic E-state index is -6.28. The number of carbonyl (C=O) groups is 4. The molecule has 61 heavy (non-hydrogen) atoms. The third kappa shape index (κ3) is 8.64. The largest absolute Gasteiger partial charge is 0.483 e. The summed E-state index contributed by atoms with van der Waals surface area (Å²) in [6, 6.07) is 18.0. The number of amides is 1. The molecule has 0 aliphatic heterocycles. The van der Waals surface area contributed by atoms with Crippen LogP contribution in [0.5, 0.6) is 11.5 Å². The van der Waals surface area contributed by atoms with Gasteiger partial charge in [-0.15, -0.1) is 0 Å². The van der Waals surface area contributed by atoms with E-state index >= 15 is 26.3 Å². The smallest absolute Gasteiger partial charge is 0.411 e. The van der Waals surface area contributed by atoms with Gasteiger partial charge in [-0.25, -0.2) is 9.59 Å². The molecule has 316 valence electrons. The van der Waals surface area contributed by atoms with Crippen molar-refractivity contribution in [3.8, 4) is 22.6 Å². The lowest BCUT2D eigenvalue weighted by Crippen LogP contribution is -2.55. The van der Waals surface area contributed by atoms with Gasteiger partial charge < -0.3 is 39.2 Å². The van der Waals surface area contributed by atoms with Crippen LogP contribution in [0.1, 0.15) is 71.0 Å². The third-order valence-electron chi connectivity index (χ3n) is 9.55. The van der Waals surface area contributed by atoms with Gasteiger partial charge in [0.15, 0.2) is 5.78 Å². The first-order valence-electron chi connectivity index (χ1n) is 17.8. The molecule has 6 aromatic rings. The fraction of sp³-hybridized carbons (Fsp3) is 0.163. The zero-order valence-corrected chi connectivity index (χ0v) is 31.7. The highest BCUT2D eigenvalue weighted by Gasteiger charge is 2.72. The first-order chi connectivity index (χ1) is 28.8. The Morgan fingerprint density at radius 2 is 1.07 bits per heavy atom. The Morgan fingerprint density at radius 1 is 0.607 bits per heavy atom. The number of benzene rings is 4. The lowest BCUT2D eigenvalue weighted by Gasteiger charge is -2.38. The fourth-order valence-corrected chi connectivity index (χ4v) is 6.63. The molecule has 2 aromatic heterocycles. The first kappa shape index (κ1) is 43.1. The molecule has 0 aliphatic rings. The number of anilines is 2. The van der Waals surface area contributed by atoms with Crippen molar-refractivity contribution in [2.45, 2.75) is 37.9 Å². The van der Waals surface area contributed by atoms with Gasteiger partial charge in [0.25, 0.3) is 5.91 Å². The molecule has 0 saturated heterocycles. The second kappa shape index (κ2) is 17.0. The quantitative estimate of drug-likeness (QED) is 0.0571. The van der Waals surface area contributed by atoms with Gasteiger partial charge in [0.1, 0.15) is 36.2 Å². The van der Waals surface area contributed by atoms with E-state index in [1.54, 1.807) is 55.6 Å². The molecule has 0 fully saturated rings. The Balaban J connectivity index is 1.41. The number of hydrogen-bond acceptors (Lipinski definition) is 9. The number of ketones is 1. The minimum Gasteiger partial charge on any atom is -0.483 e. The topological polar surface area (TPSA) is 178 Å². The number of rotatable bonds is 15. The van der Waals surface area contributed by atoms with E-state index in [4.69, 9.17) is 18.3 Å². The van der Waals surface area contributed by atoms with Gasteiger partial charge in [-0.1, -0.05) is 30.3 Å². The Morgan fingerprint density at radius 3 is 1.49 bits per heavy atom. The molecule has 2 heterocycles. The van der Waals surface area contributed by atoms with Crippen LogP contribution in [0.25, 0.3) is 11.1 Å². The Kier molecular flexibility index (Phi) is 12.0. The number of hydrogen-bond donors (Lipinski definition) is 4. The molecule has 4 aromatic carbocycles. The van der Waals surface area contributed by atoms with Gasteiger partial charge in [-0.2, -0.15) is 26.3 Å². The Hall–Kier alpha value is -7.50. The molecular formula is C43H32F6N2O10. The highest BCUT2D eigenvalue weighted by atomic mass is 19.4. The highest BCUT2D eigenvalue weighted by Crippen LogP contribution is 2.56. The van der Waals surface area contributed by atoms with Crippen LogP contribution >= 0.6 is 0 Å². The standard InChI is InChI=1S/C43H32F6N2O10/c1-23(52)30-11-9-26(19-32(30)39(54)55)41(42(44,45)46,43(47,48)49)27-10-12-31(33(20-27)40(56)57)38(53)51-35-14-8-25(18-37(35)61-22-29-6-4-16-59-29)24-7-13-34(50-2)36(17-24)60-21-28-5-3-15-58-28/h3-20,50H,21-22H2,1-2H3,(H,51,53)(H,54,55)(H,56,57). The van der Waals surface area contributed by atoms with Crippen molar-refractivity contribution in [1.29, 1.82) is 0 Å². The van der Waals surface area contributed by atoms with Crippen molar-refractivity contribution in [2.24, 2.45) is 0 Å². The number of Topliss-reactive ketones (excluding diaryl/α,β-unsaturated/α-hetero) is 1. The molecule has 0 unspecified atom stereocenters. The van der Waals surface area contributed by atoms with Gasteiger partial charge in [-0.3, -0.25) is 9.59 Å². The Labute approximate surface area is 341 Å². The number of nitrogens with one attached hydrogen (secondary N) is 2. The van der Waals surface area contributed by atoms with E-state index in [-0.39, 0.29) is 42.8 Å². The Bertz CT molecular complexity index is 2590. The summed E-state index contributed by atoms with van der Waals surface area (Å²) >= 11 is 0. The van der Waals surface area contributed by atoms with Crippen molar-refractivity contribution < 1.29 is 74.0 Å². The van der Waals surface area contributed by atoms with Crippen LogP contribution < -0.4 is 20.1 Å². The van der Waals surface area contributed by atoms with Crippen LogP contribution in [0.4, 0.5) is 37.7 Å². The predicted octanol–water partition coefficient (Wildman–Crippen LogP) is 10.0. The number of furan rings is 2. The van der Waals surface area contributed by atoms with Crippen LogP contribution in [0.2, 0.25) is 0 Å². The van der Waals surface area contributed by atoms with Crippen molar-refractivity contribution in [1.82, 2.24) is 0 Å². The number of ether oxygens (including phenoxy) is 2. The van der Waals surface area contributed by atoms with E-state index < -0.39 is 74.8 Å². The molecular weight excluding hydrogens is 818 g/mol. The molecule has 6 rings (SSSR count). The molecule has 0 saturated carbocycles. The van der Waals surface area contributed by atoms with Crippen LogP contribution in [-0.4, -0.2) is 53.2 Å². The maximum Gasteiger partial charge on any atom is 0.411 e. The molecule has 4 N–H and O–H groups in total. The summed E-state index contributed by atoms with van der Waals surface area (Å²) in [4.78, 5) is 50.2. The third-order valence-corrected chi connectivity index (χ3v) is 9.55. The molecule has 0 radical (unpaired) electrons. The summed E-state index contributed by atoms with van der Waals surface area (Å²) in [5.74, 6) is -4.88. The monoisotopic (exact) mass is 850 g/mol. The van der Waals surface area contributed by atoms with Crippen molar-refractivity contribution in [3.63, 3.8) is 0 Å². The first-order valence-corrected chi connectivity index (χ1v) is 17.8. The van der Waals surface area contributed by atoms with Gasteiger partial charge >= 0.3 is 24.3 Å². The van der Waals surface area contributed by atoms with Crippen LogP contribution in [0, 0.1) is 0 Å². The zero-order chi connectivity index (χ0) is 44.3. The zero-order valence-electron chi connectivity index (χ0n) is 31.7. The minimum absolute atomic E-state index is 0.00268. The maximum absolute atomic E-state index is 15.0. The molecule has 0 atom stereocenters. The van der Waals surface area contributed by atoms with Gasteiger partial charge in [-0.05, 0) is 95.9 Å². The summed E-state index contributed by atoms with van der Waals surface area (Å²) in [6.45, 7) is 0.811. The van der Waals surface area contributed by atoms with Crippen molar-refractivity contribution in [3.05, 3.63) is 154 Å². The average molecular weight is 851 g/mol. The van der Waals surface area contributed by atoms with Gasteiger partial charge in [0.2, 0.25) is 5.41 Å². The van der Waals surface area contributed by atoms with Crippen molar-refractivity contribution in [2.75, 3.05) is 17.7 Å². The molecule has 0 aliphatic carbocycles. The molecule has 1 amide bonds. The van der Waals surface area contributed by atoms with E-state index in [0.29, 0.717) is 52.3 Å². The van der Waals surface area contributed by atoms with Crippen LogP contribution in [0.3, 0.4) is 0 Å². The number of carboxylic acid groups (broad SMARTS) is 2. The molecule has 0 bridgehead atoms. The van der Waals surface area contributed by atoms with E-state index in [9.17, 15) is 29.4 Å². The summed E-state index contributed by atoms with van der Waals surface area (Å²) in [5, 5.41) is 25.2. The summed E-state index contributed by atoms with van der Waals surface area (Å²) in [6.07, 6.45) is -9.66. The second-order valence-electron chi connectivity index (χ2n) is 13.3. The predicted molar refractivity (Wildman–Crippen MR) is 205 cm³/mol. The number of aromatic carboxylic acids is 2. The summed E-state index contributed by atoms with van der Waals surface area (Å²) < 4.78 is 113. The molecule has 0 spiro atoms. The normalized spacial score (nSPS) is 11.8. The van der Waals surface area contributed by atoms with E-state index in [2.05, 4.69) is 10.6 Å². The number of halogens is 6. The lowest BCUT2D eigenvalue weighted by atomic mass is 9.71. The average Bonchev–Trinajstić information content (AvgIpc) is 3.94. The number of alkyl halides is 6. The summed E-state index contributed by atoms with van der Waals surface area (Å²) in [7, 11) is 1.70. The van der Waals surface area contributed by atoms with Crippen molar-refractivity contribution >= 4 is 35.0 Å². The fourth-order valence-electron chi connectivity index (χ4n) is 6.63. The van der Waals surface area contributed by atoms with E-state index in [0.717, 1.165) is 6.92 Å². The SMILES string of the molecule is CNc1ccc(-c2ccc(NC(=O)c3ccc(C(c4ccc(C(C)=O)c(C(=O)O)c4)(C(F)(F)F)C(F)(F)F)cc3C(=O)O)c(OCc3ccco3)c2)cc1OCc1ccco1. The number of carbonyl (C=O) groups excluding carboxylic acids is 2. The maximum atomic E-state index is 15.0. The van der Waals surface area contributed by atoms with Gasteiger partial charge in [0.05, 0.1) is 40.6 Å². The molecule has 12 nitrogen and oxygen atoms in total. The second-order valence-corrected chi connectivity index (χ2v) is 13.3. The van der Waals surface area contributed by atoms with Crippen LogP contribution in [-0.2, 0) is 18.6 Å². The summed E-state index contributed by atoms with van der Waals surface area (Å²) in [5.41, 5.74) is -10.6. The molecule has 18 heteroatoms.